The normalized spacial score (nSPS) is 11.1. The molecular formula is C15H17N7O3S. The van der Waals surface area contributed by atoms with Crippen molar-refractivity contribution in [3.63, 3.8) is 0 Å². The number of nitrogens with two attached hydrogens (primary N) is 1. The molecule has 3 aromatic rings. The van der Waals surface area contributed by atoms with Crippen LogP contribution < -0.4 is 16.6 Å². The van der Waals surface area contributed by atoms with E-state index in [0.717, 1.165) is 17.5 Å². The maximum atomic E-state index is 11.8. The summed E-state index contributed by atoms with van der Waals surface area (Å²) in [7, 11) is 0. The number of thioether (sulfide) groups is 1. The Balaban J connectivity index is 1.47. The summed E-state index contributed by atoms with van der Waals surface area (Å²) in [4.78, 5) is 11.8. The van der Waals surface area contributed by atoms with Gasteiger partial charge in [0.05, 0.1) is 24.8 Å². The van der Waals surface area contributed by atoms with Gasteiger partial charge in [0.2, 0.25) is 11.1 Å². The van der Waals surface area contributed by atoms with Crippen LogP contribution in [0.15, 0.2) is 49.6 Å². The van der Waals surface area contributed by atoms with E-state index in [0.29, 0.717) is 23.2 Å². The van der Waals surface area contributed by atoms with Gasteiger partial charge >= 0.3 is 0 Å². The second kappa shape index (κ2) is 8.25. The first kappa shape index (κ1) is 17.6. The number of aromatic nitrogens is 3. The molecule has 3 heterocycles. The number of amides is 1. The van der Waals surface area contributed by atoms with Crippen LogP contribution in [-0.4, -0.2) is 32.7 Å². The molecular weight excluding hydrogens is 358 g/mol. The zero-order valence-corrected chi connectivity index (χ0v) is 14.7. The molecule has 0 spiro atoms. The van der Waals surface area contributed by atoms with Crippen LogP contribution in [0, 0.1) is 6.92 Å². The second-order valence-corrected chi connectivity index (χ2v) is 6.08. The SMILES string of the molecule is Cc1ccc(/C=N/Nc2nnc(SCC(=O)NCc3ccco3)n2N)o1. The molecule has 0 radical (unpaired) electrons. The standard InChI is InChI=1S/C15H17N7O3S/c1-10-4-5-12(25-10)8-18-19-14-20-21-15(22(14)16)26-9-13(23)17-7-11-3-2-6-24-11/h2-6,8H,7,9,16H2,1H3,(H,17,23)(H,19,20)/b18-8+. The van der Waals surface area contributed by atoms with Crippen molar-refractivity contribution in [2.45, 2.75) is 18.6 Å². The monoisotopic (exact) mass is 375 g/mol. The van der Waals surface area contributed by atoms with Gasteiger partial charge in [-0.1, -0.05) is 11.8 Å². The fourth-order valence-electron chi connectivity index (χ4n) is 1.91. The Bertz CT molecular complexity index is 885. The van der Waals surface area contributed by atoms with Gasteiger partial charge in [0.1, 0.15) is 17.3 Å². The van der Waals surface area contributed by atoms with Crippen LogP contribution in [0.2, 0.25) is 0 Å². The summed E-state index contributed by atoms with van der Waals surface area (Å²) in [5.41, 5.74) is 2.67. The number of aryl methyl sites for hydroxylation is 1. The zero-order chi connectivity index (χ0) is 18.4. The molecule has 10 nitrogen and oxygen atoms in total. The summed E-state index contributed by atoms with van der Waals surface area (Å²) >= 11 is 1.16. The Morgan fingerprint density at radius 1 is 1.42 bits per heavy atom. The summed E-state index contributed by atoms with van der Waals surface area (Å²) in [5, 5.41) is 14.9. The third kappa shape index (κ3) is 4.66. The van der Waals surface area contributed by atoms with E-state index in [1.807, 2.05) is 13.0 Å². The van der Waals surface area contributed by atoms with E-state index >= 15 is 0 Å². The van der Waals surface area contributed by atoms with Crippen molar-refractivity contribution in [1.82, 2.24) is 20.2 Å². The maximum Gasteiger partial charge on any atom is 0.264 e. The minimum Gasteiger partial charge on any atom is -0.467 e. The van der Waals surface area contributed by atoms with Gasteiger partial charge in [-0.25, -0.2) is 10.1 Å². The topological polar surface area (TPSA) is 136 Å². The molecule has 0 bridgehead atoms. The number of carbonyl (C=O) groups excluding carboxylic acids is 1. The maximum absolute atomic E-state index is 11.8. The lowest BCUT2D eigenvalue weighted by Gasteiger charge is -2.04. The number of carbonyl (C=O) groups is 1. The van der Waals surface area contributed by atoms with E-state index < -0.39 is 0 Å². The fourth-order valence-corrected chi connectivity index (χ4v) is 2.59. The number of rotatable bonds is 8. The number of hydrazone groups is 1. The Hall–Kier alpha value is -3.21. The second-order valence-electron chi connectivity index (χ2n) is 5.14. The molecule has 0 fully saturated rings. The molecule has 0 aromatic carbocycles. The highest BCUT2D eigenvalue weighted by Crippen LogP contribution is 2.16. The van der Waals surface area contributed by atoms with Crippen LogP contribution in [0.25, 0.3) is 0 Å². The molecule has 11 heteroatoms. The highest BCUT2D eigenvalue weighted by atomic mass is 32.2. The number of nitrogen functional groups attached to an aromatic ring is 1. The number of furan rings is 2. The number of hydrogen-bond donors (Lipinski definition) is 3. The van der Waals surface area contributed by atoms with Gasteiger partial charge in [-0.05, 0) is 31.2 Å². The van der Waals surface area contributed by atoms with E-state index in [9.17, 15) is 4.79 Å². The largest absolute Gasteiger partial charge is 0.467 e. The predicted molar refractivity (Wildman–Crippen MR) is 96.1 cm³/mol. The van der Waals surface area contributed by atoms with Crippen LogP contribution in [0.5, 0.6) is 0 Å². The molecule has 26 heavy (non-hydrogen) atoms. The molecule has 0 saturated heterocycles. The molecule has 4 N–H and O–H groups in total. The average molecular weight is 375 g/mol. The summed E-state index contributed by atoms with van der Waals surface area (Å²) in [6, 6.07) is 7.17. The van der Waals surface area contributed by atoms with Gasteiger partial charge in [-0.3, -0.25) is 4.79 Å². The minimum absolute atomic E-state index is 0.144. The van der Waals surface area contributed by atoms with E-state index in [4.69, 9.17) is 14.7 Å². The molecule has 0 aliphatic heterocycles. The highest BCUT2D eigenvalue weighted by molar-refractivity contribution is 7.99. The molecule has 0 saturated carbocycles. The predicted octanol–water partition coefficient (Wildman–Crippen LogP) is 1.34. The van der Waals surface area contributed by atoms with E-state index in [-0.39, 0.29) is 17.6 Å². The first-order valence-electron chi connectivity index (χ1n) is 7.59. The lowest BCUT2D eigenvalue weighted by atomic mass is 10.4. The quantitative estimate of drug-likeness (QED) is 0.232. The Morgan fingerprint density at radius 3 is 3.04 bits per heavy atom. The van der Waals surface area contributed by atoms with Crippen LogP contribution in [0.1, 0.15) is 17.3 Å². The molecule has 0 unspecified atom stereocenters. The van der Waals surface area contributed by atoms with Crippen LogP contribution in [0.4, 0.5) is 5.95 Å². The van der Waals surface area contributed by atoms with Gasteiger partial charge < -0.3 is 20.0 Å². The van der Waals surface area contributed by atoms with Gasteiger partial charge in [-0.15, -0.1) is 10.2 Å². The zero-order valence-electron chi connectivity index (χ0n) is 13.9. The van der Waals surface area contributed by atoms with E-state index in [2.05, 4.69) is 26.0 Å². The lowest BCUT2D eigenvalue weighted by Crippen LogP contribution is -2.24. The van der Waals surface area contributed by atoms with Crippen LogP contribution in [-0.2, 0) is 11.3 Å². The summed E-state index contributed by atoms with van der Waals surface area (Å²) in [6.45, 7) is 2.17. The molecule has 136 valence electrons. The fraction of sp³-hybridized carbons (Fsp3) is 0.200. The Labute approximate surface area is 152 Å². The molecule has 0 aliphatic rings. The van der Waals surface area contributed by atoms with Gasteiger partial charge in [0.15, 0.2) is 0 Å². The Morgan fingerprint density at radius 2 is 2.31 bits per heavy atom. The first-order valence-corrected chi connectivity index (χ1v) is 8.58. The minimum atomic E-state index is -0.171. The van der Waals surface area contributed by atoms with Gasteiger partial charge in [0, 0.05) is 0 Å². The number of hydrogen-bond acceptors (Lipinski definition) is 9. The van der Waals surface area contributed by atoms with Crippen LogP contribution >= 0.6 is 11.8 Å². The van der Waals surface area contributed by atoms with E-state index in [1.54, 1.807) is 24.5 Å². The van der Waals surface area contributed by atoms with Crippen molar-refractivity contribution in [1.29, 1.82) is 0 Å². The molecule has 3 aromatic heterocycles. The molecule has 0 aliphatic carbocycles. The molecule has 1 amide bonds. The van der Waals surface area contributed by atoms with Crippen molar-refractivity contribution in [3.05, 3.63) is 47.8 Å². The molecule has 3 rings (SSSR count). The summed E-state index contributed by atoms with van der Waals surface area (Å²) in [5.74, 6) is 8.17. The number of nitrogens with one attached hydrogen (secondary N) is 2. The van der Waals surface area contributed by atoms with Crippen molar-refractivity contribution >= 4 is 29.8 Å². The van der Waals surface area contributed by atoms with Gasteiger partial charge in [0.25, 0.3) is 5.95 Å². The van der Waals surface area contributed by atoms with Crippen molar-refractivity contribution in [3.8, 4) is 0 Å². The third-order valence-electron chi connectivity index (χ3n) is 3.15. The van der Waals surface area contributed by atoms with Crippen LogP contribution in [0.3, 0.4) is 0 Å². The number of nitrogens with zero attached hydrogens (tertiary/aromatic N) is 4. The molecule has 0 atom stereocenters. The van der Waals surface area contributed by atoms with E-state index in [1.165, 1.54) is 10.9 Å². The van der Waals surface area contributed by atoms with Crippen molar-refractivity contribution < 1.29 is 13.6 Å². The highest BCUT2D eigenvalue weighted by Gasteiger charge is 2.12. The van der Waals surface area contributed by atoms with Gasteiger partial charge in [-0.2, -0.15) is 5.10 Å². The summed E-state index contributed by atoms with van der Waals surface area (Å²) < 4.78 is 11.7. The first-order chi connectivity index (χ1) is 12.6. The smallest absolute Gasteiger partial charge is 0.264 e. The van der Waals surface area contributed by atoms with Crippen molar-refractivity contribution in [2.75, 3.05) is 17.0 Å². The Kier molecular flexibility index (Phi) is 5.59. The number of anilines is 1. The average Bonchev–Trinajstić information content (AvgIpc) is 3.35. The third-order valence-corrected chi connectivity index (χ3v) is 4.10. The van der Waals surface area contributed by atoms with Crippen molar-refractivity contribution in [2.24, 2.45) is 5.10 Å². The lowest BCUT2D eigenvalue weighted by molar-refractivity contribution is -0.118. The summed E-state index contributed by atoms with van der Waals surface area (Å²) in [6.07, 6.45) is 3.05.